The van der Waals surface area contributed by atoms with Gasteiger partial charge in [-0.15, -0.1) is 0 Å². The van der Waals surface area contributed by atoms with Crippen molar-refractivity contribution in [3.8, 4) is 0 Å². The zero-order valence-corrected chi connectivity index (χ0v) is 11.9. The Morgan fingerprint density at radius 3 is 2.47 bits per heavy atom. The molecule has 0 bridgehead atoms. The monoisotopic (exact) mass is 290 g/mol. The van der Waals surface area contributed by atoms with Crippen LogP contribution in [0.25, 0.3) is 6.08 Å². The molecular formula is C16H12Cl2O. The van der Waals surface area contributed by atoms with E-state index in [-0.39, 0.29) is 5.78 Å². The molecule has 1 nitrogen and oxygen atoms in total. The summed E-state index contributed by atoms with van der Waals surface area (Å²) in [4.78, 5) is 12.0. The number of hydrogen-bond donors (Lipinski definition) is 0. The van der Waals surface area contributed by atoms with Crippen molar-refractivity contribution in [3.63, 3.8) is 0 Å². The number of allylic oxidation sites excluding steroid dienone is 1. The van der Waals surface area contributed by atoms with Crippen molar-refractivity contribution in [1.82, 2.24) is 0 Å². The SMILES string of the molecule is Cc1ccccc1C(=O)/C=C/c1ccc(Cl)c(Cl)c1. The zero-order chi connectivity index (χ0) is 13.8. The molecular weight excluding hydrogens is 279 g/mol. The number of ketones is 1. The summed E-state index contributed by atoms with van der Waals surface area (Å²) in [5, 5.41) is 0.983. The first-order chi connectivity index (χ1) is 9.08. The molecule has 0 atom stereocenters. The van der Waals surface area contributed by atoms with Crippen LogP contribution in [0, 0.1) is 6.92 Å². The van der Waals surface area contributed by atoms with Gasteiger partial charge >= 0.3 is 0 Å². The molecule has 2 aromatic rings. The highest BCUT2D eigenvalue weighted by Gasteiger charge is 2.04. The second-order valence-electron chi connectivity index (χ2n) is 4.19. The number of benzene rings is 2. The standard InChI is InChI=1S/C16H12Cl2O/c1-11-4-2-3-5-13(11)16(19)9-7-12-6-8-14(17)15(18)10-12/h2-10H,1H3/b9-7+. The number of halogens is 2. The fourth-order valence-electron chi connectivity index (χ4n) is 1.73. The van der Waals surface area contributed by atoms with Crippen molar-refractivity contribution in [1.29, 1.82) is 0 Å². The summed E-state index contributed by atoms with van der Waals surface area (Å²) in [6, 6.07) is 12.8. The van der Waals surface area contributed by atoms with E-state index in [1.807, 2.05) is 37.3 Å². The van der Waals surface area contributed by atoms with Gasteiger partial charge in [-0.1, -0.05) is 59.6 Å². The van der Waals surface area contributed by atoms with Gasteiger partial charge in [-0.25, -0.2) is 0 Å². The summed E-state index contributed by atoms with van der Waals surface area (Å²) in [6.07, 6.45) is 3.28. The first-order valence-electron chi connectivity index (χ1n) is 5.81. The predicted molar refractivity (Wildman–Crippen MR) is 81.0 cm³/mol. The Morgan fingerprint density at radius 2 is 1.79 bits per heavy atom. The molecule has 19 heavy (non-hydrogen) atoms. The van der Waals surface area contributed by atoms with Crippen LogP contribution in [0.4, 0.5) is 0 Å². The fourth-order valence-corrected chi connectivity index (χ4v) is 2.03. The smallest absolute Gasteiger partial charge is 0.186 e. The summed E-state index contributed by atoms with van der Waals surface area (Å²) < 4.78 is 0. The van der Waals surface area contributed by atoms with Crippen molar-refractivity contribution in [3.05, 3.63) is 75.3 Å². The van der Waals surface area contributed by atoms with Gasteiger partial charge in [-0.05, 0) is 36.3 Å². The molecule has 0 amide bonds. The third kappa shape index (κ3) is 3.46. The average Bonchev–Trinajstić information content (AvgIpc) is 2.40. The lowest BCUT2D eigenvalue weighted by Gasteiger charge is -2.01. The molecule has 0 aliphatic heterocycles. The van der Waals surface area contributed by atoms with Crippen LogP contribution in [0.3, 0.4) is 0 Å². The molecule has 0 fully saturated rings. The summed E-state index contributed by atoms with van der Waals surface area (Å²) in [5.41, 5.74) is 2.52. The van der Waals surface area contributed by atoms with E-state index in [2.05, 4.69) is 0 Å². The van der Waals surface area contributed by atoms with Crippen molar-refractivity contribution in [2.45, 2.75) is 6.92 Å². The molecule has 0 radical (unpaired) electrons. The van der Waals surface area contributed by atoms with Crippen LogP contribution >= 0.6 is 23.2 Å². The minimum Gasteiger partial charge on any atom is -0.289 e. The van der Waals surface area contributed by atoms with Gasteiger partial charge in [0.25, 0.3) is 0 Å². The lowest BCUT2D eigenvalue weighted by molar-refractivity contribution is 0.104. The van der Waals surface area contributed by atoms with Crippen molar-refractivity contribution >= 4 is 35.1 Å². The van der Waals surface area contributed by atoms with Gasteiger partial charge in [0.2, 0.25) is 0 Å². The first kappa shape index (κ1) is 13.9. The number of hydrogen-bond acceptors (Lipinski definition) is 1. The molecule has 3 heteroatoms. The minimum atomic E-state index is -0.0239. The van der Waals surface area contributed by atoms with Gasteiger partial charge < -0.3 is 0 Å². The summed E-state index contributed by atoms with van der Waals surface area (Å²) in [6.45, 7) is 1.92. The molecule has 0 unspecified atom stereocenters. The van der Waals surface area contributed by atoms with E-state index in [1.54, 1.807) is 24.3 Å². The largest absolute Gasteiger partial charge is 0.289 e. The van der Waals surface area contributed by atoms with Gasteiger partial charge in [-0.2, -0.15) is 0 Å². The second-order valence-corrected chi connectivity index (χ2v) is 5.00. The van der Waals surface area contributed by atoms with Crippen LogP contribution in [0.5, 0.6) is 0 Å². The number of carbonyl (C=O) groups is 1. The Labute approximate surface area is 122 Å². The summed E-state index contributed by atoms with van der Waals surface area (Å²) in [7, 11) is 0. The highest BCUT2D eigenvalue weighted by Crippen LogP contribution is 2.23. The van der Waals surface area contributed by atoms with Crippen molar-refractivity contribution < 1.29 is 4.79 Å². The third-order valence-electron chi connectivity index (χ3n) is 2.78. The molecule has 0 aliphatic rings. The molecule has 0 N–H and O–H groups in total. The highest BCUT2D eigenvalue weighted by atomic mass is 35.5. The summed E-state index contributed by atoms with van der Waals surface area (Å²) in [5.74, 6) is -0.0239. The average molecular weight is 291 g/mol. The van der Waals surface area contributed by atoms with E-state index >= 15 is 0 Å². The molecule has 0 saturated carbocycles. The van der Waals surface area contributed by atoms with Gasteiger partial charge in [0.05, 0.1) is 10.0 Å². The quantitative estimate of drug-likeness (QED) is 0.561. The van der Waals surface area contributed by atoms with Crippen molar-refractivity contribution in [2.24, 2.45) is 0 Å². The van der Waals surface area contributed by atoms with Crippen LogP contribution in [-0.2, 0) is 0 Å². The van der Waals surface area contributed by atoms with E-state index < -0.39 is 0 Å². The Morgan fingerprint density at radius 1 is 1.05 bits per heavy atom. The molecule has 96 valence electrons. The Hall–Kier alpha value is -1.57. The van der Waals surface area contributed by atoms with E-state index in [1.165, 1.54) is 0 Å². The van der Waals surface area contributed by atoms with E-state index in [4.69, 9.17) is 23.2 Å². The molecule has 0 spiro atoms. The topological polar surface area (TPSA) is 17.1 Å². The maximum atomic E-state index is 12.0. The second kappa shape index (κ2) is 6.05. The Kier molecular flexibility index (Phi) is 4.41. The Balaban J connectivity index is 2.21. The molecule has 0 saturated heterocycles. The highest BCUT2D eigenvalue weighted by molar-refractivity contribution is 6.42. The molecule has 0 aliphatic carbocycles. The summed E-state index contributed by atoms with van der Waals surface area (Å²) >= 11 is 11.8. The van der Waals surface area contributed by atoms with Crippen LogP contribution in [0.2, 0.25) is 10.0 Å². The lowest BCUT2D eigenvalue weighted by atomic mass is 10.0. The first-order valence-corrected chi connectivity index (χ1v) is 6.56. The lowest BCUT2D eigenvalue weighted by Crippen LogP contribution is -1.96. The van der Waals surface area contributed by atoms with Crippen LogP contribution in [0.15, 0.2) is 48.5 Å². The van der Waals surface area contributed by atoms with E-state index in [9.17, 15) is 4.79 Å². The maximum Gasteiger partial charge on any atom is 0.186 e. The van der Waals surface area contributed by atoms with Crippen molar-refractivity contribution in [2.75, 3.05) is 0 Å². The van der Waals surface area contributed by atoms with Crippen LogP contribution in [0.1, 0.15) is 21.5 Å². The third-order valence-corrected chi connectivity index (χ3v) is 3.52. The fraction of sp³-hybridized carbons (Fsp3) is 0.0625. The van der Waals surface area contributed by atoms with Gasteiger partial charge in [0.1, 0.15) is 0 Å². The minimum absolute atomic E-state index is 0.0239. The molecule has 2 aromatic carbocycles. The Bertz CT molecular complexity index is 645. The number of carbonyl (C=O) groups excluding carboxylic acids is 1. The van der Waals surface area contributed by atoms with Gasteiger partial charge in [-0.3, -0.25) is 4.79 Å². The normalized spacial score (nSPS) is 10.9. The zero-order valence-electron chi connectivity index (χ0n) is 10.4. The number of aryl methyl sites for hydroxylation is 1. The van der Waals surface area contributed by atoms with Crippen LogP contribution in [-0.4, -0.2) is 5.78 Å². The maximum absolute atomic E-state index is 12.0. The molecule has 2 rings (SSSR count). The van der Waals surface area contributed by atoms with Crippen LogP contribution < -0.4 is 0 Å². The predicted octanol–water partition coefficient (Wildman–Crippen LogP) is 5.20. The van der Waals surface area contributed by atoms with Gasteiger partial charge in [0.15, 0.2) is 5.78 Å². The van der Waals surface area contributed by atoms with E-state index in [0.29, 0.717) is 15.6 Å². The van der Waals surface area contributed by atoms with Gasteiger partial charge in [0, 0.05) is 5.56 Å². The molecule has 0 heterocycles. The molecule has 0 aromatic heterocycles. The van der Waals surface area contributed by atoms with E-state index in [0.717, 1.165) is 11.1 Å². The number of rotatable bonds is 3.